The smallest absolute Gasteiger partial charge is 0.244 e. The van der Waals surface area contributed by atoms with Gasteiger partial charge in [-0.1, -0.05) is 18.2 Å². The molecule has 1 N–H and O–H groups in total. The third-order valence-electron chi connectivity index (χ3n) is 8.21. The van der Waals surface area contributed by atoms with E-state index >= 15 is 0 Å². The lowest BCUT2D eigenvalue weighted by atomic mass is 9.94. The predicted molar refractivity (Wildman–Crippen MR) is 157 cm³/mol. The SMILES string of the molecule is Cc1cc(C)n(CC(=O)N2CCCCOc3cccc(c3)[C@H]3CN(Cc4ccc5c(c4)OCCO5)C[C@@H]3NC(=O)C2)n1. The Labute approximate surface area is 246 Å². The molecule has 2 amide bonds. The van der Waals surface area contributed by atoms with Crippen LogP contribution < -0.4 is 19.5 Å². The zero-order valence-corrected chi connectivity index (χ0v) is 24.4. The van der Waals surface area contributed by atoms with Gasteiger partial charge in [0.1, 0.15) is 25.5 Å². The van der Waals surface area contributed by atoms with Crippen LogP contribution in [0.15, 0.2) is 48.5 Å². The minimum Gasteiger partial charge on any atom is -0.494 e. The van der Waals surface area contributed by atoms with E-state index in [9.17, 15) is 9.59 Å². The Kier molecular flexibility index (Phi) is 8.32. The summed E-state index contributed by atoms with van der Waals surface area (Å²) in [6.07, 6.45) is 1.52. The number of benzene rings is 2. The first kappa shape index (κ1) is 28.1. The number of fused-ring (bicyclic) bond motifs is 5. The third kappa shape index (κ3) is 6.54. The van der Waals surface area contributed by atoms with E-state index in [-0.39, 0.29) is 36.9 Å². The first-order valence-corrected chi connectivity index (χ1v) is 14.8. The van der Waals surface area contributed by atoms with Crippen molar-refractivity contribution in [2.24, 2.45) is 0 Å². The number of aryl methyl sites for hydroxylation is 2. The fourth-order valence-corrected chi connectivity index (χ4v) is 6.15. The van der Waals surface area contributed by atoms with E-state index in [1.54, 1.807) is 9.58 Å². The third-order valence-corrected chi connectivity index (χ3v) is 8.21. The highest BCUT2D eigenvalue weighted by atomic mass is 16.6. The Morgan fingerprint density at radius 1 is 0.976 bits per heavy atom. The van der Waals surface area contributed by atoms with Crippen LogP contribution in [0.2, 0.25) is 0 Å². The highest BCUT2D eigenvalue weighted by Crippen LogP contribution is 2.34. The maximum Gasteiger partial charge on any atom is 0.244 e. The van der Waals surface area contributed by atoms with Gasteiger partial charge in [-0.15, -0.1) is 0 Å². The molecule has 0 radical (unpaired) electrons. The monoisotopic (exact) mass is 573 g/mol. The summed E-state index contributed by atoms with van der Waals surface area (Å²) < 4.78 is 19.3. The topological polar surface area (TPSA) is 98.2 Å². The van der Waals surface area contributed by atoms with Gasteiger partial charge >= 0.3 is 0 Å². The zero-order valence-electron chi connectivity index (χ0n) is 24.4. The van der Waals surface area contributed by atoms with Crippen molar-refractivity contribution in [3.8, 4) is 17.2 Å². The first-order chi connectivity index (χ1) is 20.4. The van der Waals surface area contributed by atoms with Gasteiger partial charge in [-0.3, -0.25) is 19.2 Å². The quantitative estimate of drug-likeness (QED) is 0.512. The van der Waals surface area contributed by atoms with Crippen LogP contribution in [0.4, 0.5) is 0 Å². The molecule has 0 spiro atoms. The maximum atomic E-state index is 13.5. The van der Waals surface area contributed by atoms with Crippen LogP contribution in [-0.4, -0.2) is 83.4 Å². The number of amides is 2. The second-order valence-corrected chi connectivity index (χ2v) is 11.5. The van der Waals surface area contributed by atoms with Crippen molar-refractivity contribution in [2.75, 3.05) is 46.0 Å². The Hall–Kier alpha value is -4.05. The molecule has 2 atom stereocenters. The van der Waals surface area contributed by atoms with Crippen LogP contribution in [-0.2, 0) is 22.7 Å². The molecule has 3 aliphatic heterocycles. The molecule has 3 aliphatic rings. The van der Waals surface area contributed by atoms with Crippen LogP contribution >= 0.6 is 0 Å². The van der Waals surface area contributed by atoms with Crippen molar-refractivity contribution in [3.63, 3.8) is 0 Å². The summed E-state index contributed by atoms with van der Waals surface area (Å²) in [7, 11) is 0. The highest BCUT2D eigenvalue weighted by Gasteiger charge is 2.35. The molecular formula is C32H39N5O5. The summed E-state index contributed by atoms with van der Waals surface area (Å²) in [6.45, 7) is 8.33. The van der Waals surface area contributed by atoms with Gasteiger partial charge in [0.2, 0.25) is 11.8 Å². The second kappa shape index (κ2) is 12.4. The molecule has 0 saturated carbocycles. The van der Waals surface area contributed by atoms with Crippen molar-refractivity contribution in [2.45, 2.75) is 51.7 Å². The van der Waals surface area contributed by atoms with E-state index in [0.29, 0.717) is 32.9 Å². The summed E-state index contributed by atoms with van der Waals surface area (Å²) in [5.74, 6) is 2.21. The van der Waals surface area contributed by atoms with Crippen molar-refractivity contribution < 1.29 is 23.8 Å². The Morgan fingerprint density at radius 2 is 1.83 bits per heavy atom. The summed E-state index contributed by atoms with van der Waals surface area (Å²) in [5.41, 5.74) is 4.06. The molecule has 1 aromatic heterocycles. The van der Waals surface area contributed by atoms with Gasteiger partial charge in [-0.25, -0.2) is 0 Å². The number of aromatic nitrogens is 2. The first-order valence-electron chi connectivity index (χ1n) is 14.8. The standard InChI is InChI=1S/C32H39N5O5/c1-22-14-23(2)37(34-22)21-32(39)36-10-3-4-11-40-26-7-5-6-25(16-26)27-18-35(19-28(27)33-31(38)20-36)17-24-8-9-29-30(15-24)42-13-12-41-29/h5-9,14-16,27-28H,3-4,10-13,17-21H2,1-2H3,(H,33,38)/t27-,28+/m1/s1. The van der Waals surface area contributed by atoms with Crippen LogP contribution in [0.3, 0.4) is 0 Å². The number of hydrogen-bond donors (Lipinski definition) is 1. The normalized spacial score (nSPS) is 21.2. The van der Waals surface area contributed by atoms with E-state index in [2.05, 4.69) is 33.5 Å². The Bertz CT molecular complexity index is 1440. The van der Waals surface area contributed by atoms with Crippen molar-refractivity contribution in [3.05, 3.63) is 71.0 Å². The van der Waals surface area contributed by atoms with Crippen molar-refractivity contribution >= 4 is 11.8 Å². The average Bonchev–Trinajstić information content (AvgIpc) is 3.52. The van der Waals surface area contributed by atoms with Crippen LogP contribution in [0.5, 0.6) is 17.2 Å². The molecule has 3 aromatic rings. The van der Waals surface area contributed by atoms with Crippen LogP contribution in [0.25, 0.3) is 0 Å². The van der Waals surface area contributed by atoms with Gasteiger partial charge in [0.05, 0.1) is 18.8 Å². The minimum atomic E-state index is -0.141. The molecule has 2 bridgehead atoms. The molecule has 1 saturated heterocycles. The Balaban J connectivity index is 1.20. The highest BCUT2D eigenvalue weighted by molar-refractivity contribution is 5.85. The number of carbonyl (C=O) groups excluding carboxylic acids is 2. The number of carbonyl (C=O) groups is 2. The molecule has 0 aliphatic carbocycles. The number of nitrogens with zero attached hydrogens (tertiary/aromatic N) is 4. The maximum absolute atomic E-state index is 13.5. The molecule has 10 nitrogen and oxygen atoms in total. The second-order valence-electron chi connectivity index (χ2n) is 11.5. The van der Waals surface area contributed by atoms with Crippen LogP contribution in [0, 0.1) is 13.8 Å². The molecule has 222 valence electrons. The minimum absolute atomic E-state index is 0.0183. The fraction of sp³-hybridized carbons (Fsp3) is 0.469. The summed E-state index contributed by atoms with van der Waals surface area (Å²) in [5, 5.41) is 7.73. The van der Waals surface area contributed by atoms with E-state index < -0.39 is 0 Å². The molecule has 4 heterocycles. The summed E-state index contributed by atoms with van der Waals surface area (Å²) >= 11 is 0. The average molecular weight is 574 g/mol. The lowest BCUT2D eigenvalue weighted by Crippen LogP contribution is -2.47. The number of hydrogen-bond acceptors (Lipinski definition) is 7. The predicted octanol–water partition coefficient (Wildman–Crippen LogP) is 3.06. The summed E-state index contributed by atoms with van der Waals surface area (Å²) in [4.78, 5) is 30.9. The lowest BCUT2D eigenvalue weighted by Gasteiger charge is -2.26. The van der Waals surface area contributed by atoms with Crippen molar-refractivity contribution in [1.82, 2.24) is 24.9 Å². The number of ether oxygens (including phenoxy) is 3. The van der Waals surface area contributed by atoms with E-state index in [0.717, 1.165) is 65.7 Å². The molecule has 10 heteroatoms. The van der Waals surface area contributed by atoms with Gasteiger partial charge in [-0.05, 0) is 68.1 Å². The van der Waals surface area contributed by atoms with Gasteiger partial charge in [0.25, 0.3) is 0 Å². The van der Waals surface area contributed by atoms with E-state index in [1.165, 1.54) is 0 Å². The van der Waals surface area contributed by atoms with E-state index in [4.69, 9.17) is 14.2 Å². The molecular weight excluding hydrogens is 534 g/mol. The zero-order chi connectivity index (χ0) is 29.1. The van der Waals surface area contributed by atoms with Gasteiger partial charge in [-0.2, -0.15) is 5.10 Å². The summed E-state index contributed by atoms with van der Waals surface area (Å²) in [6, 6.07) is 16.2. The van der Waals surface area contributed by atoms with Gasteiger partial charge < -0.3 is 24.4 Å². The molecule has 6 rings (SSSR count). The largest absolute Gasteiger partial charge is 0.494 e. The van der Waals surface area contributed by atoms with Gasteiger partial charge in [0.15, 0.2) is 11.5 Å². The van der Waals surface area contributed by atoms with Crippen LogP contribution in [0.1, 0.15) is 41.3 Å². The molecule has 42 heavy (non-hydrogen) atoms. The fourth-order valence-electron chi connectivity index (χ4n) is 6.15. The molecule has 1 fully saturated rings. The number of nitrogens with one attached hydrogen (secondary N) is 1. The number of rotatable bonds is 4. The molecule has 0 unspecified atom stereocenters. The number of likely N-dealkylation sites (tertiary alicyclic amines) is 1. The molecule has 2 aromatic carbocycles. The van der Waals surface area contributed by atoms with Crippen molar-refractivity contribution in [1.29, 1.82) is 0 Å². The Morgan fingerprint density at radius 3 is 2.67 bits per heavy atom. The van der Waals surface area contributed by atoms with Gasteiger partial charge in [0, 0.05) is 43.8 Å². The lowest BCUT2D eigenvalue weighted by molar-refractivity contribution is -0.137. The van der Waals surface area contributed by atoms with E-state index in [1.807, 2.05) is 44.2 Å².